The lowest BCUT2D eigenvalue weighted by atomic mass is 9.94. The highest BCUT2D eigenvalue weighted by molar-refractivity contribution is 5.91. The van der Waals surface area contributed by atoms with Crippen LogP contribution in [0.15, 0.2) is 12.1 Å². The van der Waals surface area contributed by atoms with Crippen LogP contribution >= 0.6 is 12.4 Å². The molecule has 0 bridgehead atoms. The molecule has 2 aliphatic rings. The third kappa shape index (κ3) is 5.11. The largest absolute Gasteiger partial charge is 0.493 e. The molecule has 0 aliphatic carbocycles. The van der Waals surface area contributed by atoms with Gasteiger partial charge in [-0.2, -0.15) is 4.98 Å². The number of benzene rings is 1. The lowest BCUT2D eigenvalue weighted by molar-refractivity contribution is -0.136. The summed E-state index contributed by atoms with van der Waals surface area (Å²) in [4.78, 5) is 26.6. The molecule has 4 rings (SSSR count). The summed E-state index contributed by atoms with van der Waals surface area (Å²) in [6, 6.07) is 3.63. The highest BCUT2D eigenvalue weighted by atomic mass is 35.5. The van der Waals surface area contributed by atoms with Gasteiger partial charge in [0.1, 0.15) is 5.82 Å². The summed E-state index contributed by atoms with van der Waals surface area (Å²) in [7, 11) is 3.19. The molecule has 1 aromatic carbocycles. The van der Waals surface area contributed by atoms with Gasteiger partial charge in [0.05, 0.1) is 19.7 Å². The molecule has 9 heteroatoms. The molecule has 0 atom stereocenters. The second-order valence-corrected chi connectivity index (χ2v) is 8.49. The lowest BCUT2D eigenvalue weighted by Gasteiger charge is -2.35. The molecule has 2 saturated heterocycles. The number of carbonyl (C=O) groups excluding carboxylic acids is 1. The minimum absolute atomic E-state index is 0. The van der Waals surface area contributed by atoms with E-state index in [4.69, 9.17) is 20.2 Å². The Bertz CT molecular complexity index is 925. The van der Waals surface area contributed by atoms with E-state index in [1.165, 1.54) is 19.3 Å². The number of piperidine rings is 1. The van der Waals surface area contributed by atoms with E-state index in [1.54, 1.807) is 14.2 Å². The van der Waals surface area contributed by atoms with Crippen LogP contribution in [0.25, 0.3) is 10.9 Å². The maximum Gasteiger partial charge on any atom is 0.227 e. The number of aromatic nitrogens is 2. The number of nitrogens with zero attached hydrogens (tertiary/aromatic N) is 4. The highest BCUT2D eigenvalue weighted by Gasteiger charge is 2.30. The number of methoxy groups -OCH3 is 2. The fraction of sp³-hybridized carbons (Fsp3) is 0.609. The van der Waals surface area contributed by atoms with Gasteiger partial charge in [-0.3, -0.25) is 4.79 Å². The highest BCUT2D eigenvalue weighted by Crippen LogP contribution is 2.34. The summed E-state index contributed by atoms with van der Waals surface area (Å²) in [6.07, 6.45) is 7.67. The number of ether oxygens (including phenoxy) is 2. The van der Waals surface area contributed by atoms with Crippen molar-refractivity contribution in [3.63, 3.8) is 0 Å². The van der Waals surface area contributed by atoms with Crippen molar-refractivity contribution in [3.8, 4) is 11.5 Å². The number of fused-ring (bicyclic) bond motifs is 1. The predicted octanol–water partition coefficient (Wildman–Crippen LogP) is 3.66. The molecule has 2 N–H and O–H groups in total. The average molecular weight is 464 g/mol. The number of carbonyl (C=O) groups is 1. The topological polar surface area (TPSA) is 93.8 Å². The number of likely N-dealkylation sites (tertiary alicyclic amines) is 1. The van der Waals surface area contributed by atoms with Gasteiger partial charge >= 0.3 is 0 Å². The summed E-state index contributed by atoms with van der Waals surface area (Å²) in [5.74, 6) is 2.66. The van der Waals surface area contributed by atoms with Gasteiger partial charge in [0.25, 0.3) is 0 Å². The van der Waals surface area contributed by atoms with Crippen molar-refractivity contribution in [1.82, 2.24) is 14.9 Å². The molecule has 8 nitrogen and oxygen atoms in total. The first-order chi connectivity index (χ1) is 15.1. The zero-order chi connectivity index (χ0) is 21.8. The van der Waals surface area contributed by atoms with Crippen LogP contribution in [0, 0.1) is 5.92 Å². The quantitative estimate of drug-likeness (QED) is 0.739. The molecule has 2 aliphatic heterocycles. The van der Waals surface area contributed by atoms with Crippen molar-refractivity contribution < 1.29 is 14.3 Å². The average Bonchev–Trinajstić information content (AvgIpc) is 2.77. The maximum atomic E-state index is 13.1. The lowest BCUT2D eigenvalue weighted by Crippen LogP contribution is -2.44. The summed E-state index contributed by atoms with van der Waals surface area (Å²) in [5, 5.41) is 0.739. The van der Waals surface area contributed by atoms with Crippen LogP contribution in [0.4, 0.5) is 11.8 Å². The number of anilines is 2. The van der Waals surface area contributed by atoms with Crippen molar-refractivity contribution in [2.24, 2.45) is 5.92 Å². The van der Waals surface area contributed by atoms with Crippen molar-refractivity contribution in [2.75, 3.05) is 51.0 Å². The van der Waals surface area contributed by atoms with Gasteiger partial charge in [0.15, 0.2) is 11.5 Å². The molecule has 3 heterocycles. The van der Waals surface area contributed by atoms with E-state index in [0.29, 0.717) is 29.2 Å². The molecule has 0 spiro atoms. The summed E-state index contributed by atoms with van der Waals surface area (Å²) in [5.41, 5.74) is 6.97. The Morgan fingerprint density at radius 2 is 1.53 bits per heavy atom. The molecule has 2 fully saturated rings. The van der Waals surface area contributed by atoms with E-state index < -0.39 is 0 Å². The monoisotopic (exact) mass is 463 g/mol. The Morgan fingerprint density at radius 1 is 0.938 bits per heavy atom. The van der Waals surface area contributed by atoms with E-state index in [-0.39, 0.29) is 18.3 Å². The zero-order valence-corrected chi connectivity index (χ0v) is 19.8. The smallest absolute Gasteiger partial charge is 0.227 e. The minimum atomic E-state index is 0. The first-order valence-corrected chi connectivity index (χ1v) is 11.3. The van der Waals surface area contributed by atoms with E-state index in [2.05, 4.69) is 14.8 Å². The Hall–Kier alpha value is -2.48. The molecule has 2 aromatic rings. The van der Waals surface area contributed by atoms with Crippen LogP contribution in [0.3, 0.4) is 0 Å². The second kappa shape index (κ2) is 10.9. The summed E-state index contributed by atoms with van der Waals surface area (Å²) in [6.45, 7) is 3.33. The molecule has 32 heavy (non-hydrogen) atoms. The number of rotatable bonds is 4. The first kappa shape index (κ1) is 24.2. The van der Waals surface area contributed by atoms with Crippen molar-refractivity contribution in [1.29, 1.82) is 0 Å². The fourth-order valence-corrected chi connectivity index (χ4v) is 4.66. The van der Waals surface area contributed by atoms with Crippen LogP contribution in [0.5, 0.6) is 11.5 Å². The van der Waals surface area contributed by atoms with Crippen molar-refractivity contribution >= 4 is 41.0 Å². The SMILES string of the molecule is COc1cc2nc(N3CCC(C(=O)N4CCCCCCC4)CC3)nc(N)c2cc1OC.Cl. The molecule has 0 unspecified atom stereocenters. The third-order valence-corrected chi connectivity index (χ3v) is 6.51. The standard InChI is InChI=1S/C23H33N5O3.ClH/c1-30-19-14-17-18(15-20(19)31-2)25-23(26-21(17)24)28-12-8-16(9-13-28)22(29)27-10-6-4-3-5-7-11-27;/h14-16H,3-13H2,1-2H3,(H2,24,25,26);1H. The van der Waals surface area contributed by atoms with Crippen LogP contribution in [-0.2, 0) is 4.79 Å². The van der Waals surface area contributed by atoms with E-state index in [1.807, 2.05) is 12.1 Å². The molecule has 0 saturated carbocycles. The van der Waals surface area contributed by atoms with E-state index >= 15 is 0 Å². The summed E-state index contributed by atoms with van der Waals surface area (Å²) >= 11 is 0. The van der Waals surface area contributed by atoms with Crippen molar-refractivity contribution in [2.45, 2.75) is 44.9 Å². The van der Waals surface area contributed by atoms with E-state index in [9.17, 15) is 4.79 Å². The van der Waals surface area contributed by atoms with Gasteiger partial charge in [-0.15, -0.1) is 12.4 Å². The maximum absolute atomic E-state index is 13.1. The van der Waals surface area contributed by atoms with Gasteiger partial charge in [-0.25, -0.2) is 4.98 Å². The molecule has 1 amide bonds. The molecule has 0 radical (unpaired) electrons. The van der Waals surface area contributed by atoms with Crippen molar-refractivity contribution in [3.05, 3.63) is 12.1 Å². The minimum Gasteiger partial charge on any atom is -0.493 e. The molecular weight excluding hydrogens is 430 g/mol. The summed E-state index contributed by atoms with van der Waals surface area (Å²) < 4.78 is 10.8. The Kier molecular flexibility index (Phi) is 8.23. The predicted molar refractivity (Wildman–Crippen MR) is 129 cm³/mol. The zero-order valence-electron chi connectivity index (χ0n) is 19.0. The third-order valence-electron chi connectivity index (χ3n) is 6.51. The fourth-order valence-electron chi connectivity index (χ4n) is 4.66. The van der Waals surface area contributed by atoms with Gasteiger partial charge in [0.2, 0.25) is 11.9 Å². The molecule has 1 aromatic heterocycles. The second-order valence-electron chi connectivity index (χ2n) is 8.49. The Morgan fingerprint density at radius 3 is 2.16 bits per heavy atom. The van der Waals surface area contributed by atoms with Gasteiger partial charge < -0.3 is 25.0 Å². The normalized spacial score (nSPS) is 17.9. The first-order valence-electron chi connectivity index (χ1n) is 11.3. The number of nitrogen functional groups attached to an aromatic ring is 1. The number of amides is 1. The number of hydrogen-bond donors (Lipinski definition) is 1. The van der Waals surface area contributed by atoms with Crippen LogP contribution < -0.4 is 20.1 Å². The van der Waals surface area contributed by atoms with Gasteiger partial charge in [-0.05, 0) is 31.7 Å². The molecule has 176 valence electrons. The van der Waals surface area contributed by atoms with Crippen LogP contribution in [0.1, 0.15) is 44.9 Å². The number of halogens is 1. The molecular formula is C23H34ClN5O3. The van der Waals surface area contributed by atoms with Gasteiger partial charge in [-0.1, -0.05) is 19.3 Å². The number of hydrogen-bond acceptors (Lipinski definition) is 7. The van der Waals surface area contributed by atoms with Crippen LogP contribution in [0.2, 0.25) is 0 Å². The number of nitrogens with two attached hydrogens (primary N) is 1. The van der Waals surface area contributed by atoms with E-state index in [0.717, 1.165) is 62.8 Å². The Balaban J connectivity index is 0.00000289. The Labute approximate surface area is 195 Å². The van der Waals surface area contributed by atoms with Crippen LogP contribution in [-0.4, -0.2) is 61.2 Å². The van der Waals surface area contributed by atoms with Gasteiger partial charge in [0, 0.05) is 43.5 Å².